The van der Waals surface area contributed by atoms with Gasteiger partial charge < -0.3 is 25.3 Å². The number of amides is 1. The summed E-state index contributed by atoms with van der Waals surface area (Å²) in [6.45, 7) is 4.61. The molecule has 2 aromatic carbocycles. The van der Waals surface area contributed by atoms with Crippen LogP contribution in [0.1, 0.15) is 57.1 Å². The van der Waals surface area contributed by atoms with Crippen LogP contribution in [0.15, 0.2) is 119 Å². The number of nitrogens with zero attached hydrogens (tertiary/aromatic N) is 6. The van der Waals surface area contributed by atoms with E-state index in [0.29, 0.717) is 48.2 Å². The molecule has 0 aliphatic rings. The van der Waals surface area contributed by atoms with Gasteiger partial charge in [-0.15, -0.1) is 10.2 Å². The van der Waals surface area contributed by atoms with Crippen LogP contribution in [0, 0.1) is 0 Å². The summed E-state index contributed by atoms with van der Waals surface area (Å²) in [4.78, 5) is 45.4. The van der Waals surface area contributed by atoms with Crippen molar-refractivity contribution < 1.29 is 14.7 Å². The zero-order valence-corrected chi connectivity index (χ0v) is 30.3. The van der Waals surface area contributed by atoms with E-state index >= 15 is 0 Å². The minimum atomic E-state index is -1.02. The van der Waals surface area contributed by atoms with Crippen molar-refractivity contribution >= 4 is 46.7 Å². The Morgan fingerprint density at radius 3 is 1.64 bits per heavy atom. The number of aromatic carboxylic acids is 1. The number of carbonyl (C=O) groups excluding carboxylic acids is 1. The van der Waals surface area contributed by atoms with Gasteiger partial charge in [0.1, 0.15) is 5.82 Å². The van der Waals surface area contributed by atoms with Crippen molar-refractivity contribution in [2.45, 2.75) is 39.8 Å². The number of nitrogen functional groups attached to an aromatic ring is 1. The van der Waals surface area contributed by atoms with E-state index in [4.69, 9.17) is 34.0 Å². The quantitative estimate of drug-likeness (QED) is 0.157. The second-order valence-corrected chi connectivity index (χ2v) is 12.2. The second kappa shape index (κ2) is 19.4. The topological polar surface area (TPSA) is 188 Å². The molecule has 0 unspecified atom stereocenters. The first-order valence-corrected chi connectivity index (χ1v) is 17.0. The van der Waals surface area contributed by atoms with Crippen LogP contribution in [0.2, 0.25) is 10.0 Å². The summed E-state index contributed by atoms with van der Waals surface area (Å²) >= 11 is 11.9. The lowest BCUT2D eigenvalue weighted by molar-refractivity contribution is 0.0695. The summed E-state index contributed by atoms with van der Waals surface area (Å²) in [6, 6.07) is 27.8. The number of carbonyl (C=O) groups is 2. The van der Waals surface area contributed by atoms with Crippen LogP contribution in [0.3, 0.4) is 0 Å². The molecule has 0 saturated heterocycles. The third kappa shape index (κ3) is 12.5. The second-order valence-electron chi connectivity index (χ2n) is 11.3. The van der Waals surface area contributed by atoms with E-state index in [-0.39, 0.29) is 22.6 Å². The number of hydrogen-bond acceptors (Lipinski definition) is 9. The Bertz CT molecular complexity index is 2280. The third-order valence-electron chi connectivity index (χ3n) is 7.41. The Morgan fingerprint density at radius 2 is 1.19 bits per heavy atom. The molecule has 272 valence electrons. The standard InChI is InChI=1S/C19H17ClN4O2.C11H10ClN3.C8H9NO3/c1-2-24-12-14(6-9-18(24)25)19(26)21-17-8-7-16(22-23-17)11-13-4-3-5-15(20)10-13;12-9-3-1-2-8(6-9)7-10-4-5-11(13)15-14-10;1-2-9-5-6(8(11)12)3-4-7(9)10/h3-10,12H,2,11H2,1H3,(H,21,23,26);1-6H,7H2,(H2,13,15);3-5H,2H2,1H3,(H,11,12). The van der Waals surface area contributed by atoms with Crippen molar-refractivity contribution in [3.8, 4) is 0 Å². The molecular formula is C38H36Cl2N8O5. The number of nitrogens with one attached hydrogen (secondary N) is 1. The van der Waals surface area contributed by atoms with Crippen LogP contribution >= 0.6 is 23.2 Å². The maximum atomic E-state index is 12.3. The molecule has 53 heavy (non-hydrogen) atoms. The minimum Gasteiger partial charge on any atom is -0.478 e. The normalized spacial score (nSPS) is 10.3. The number of hydrogen-bond donors (Lipinski definition) is 3. The van der Waals surface area contributed by atoms with E-state index in [2.05, 4.69) is 25.7 Å². The Kier molecular flexibility index (Phi) is 14.5. The smallest absolute Gasteiger partial charge is 0.337 e. The van der Waals surface area contributed by atoms with Crippen LogP contribution in [-0.2, 0) is 25.9 Å². The molecule has 0 radical (unpaired) electrons. The van der Waals surface area contributed by atoms with Gasteiger partial charge in [-0.25, -0.2) is 4.79 Å². The lowest BCUT2D eigenvalue weighted by atomic mass is 10.1. The molecule has 0 atom stereocenters. The Hall–Kier alpha value is -6.18. The van der Waals surface area contributed by atoms with Crippen LogP contribution in [-0.4, -0.2) is 46.5 Å². The number of halogens is 2. The number of carboxylic acids is 1. The fourth-order valence-corrected chi connectivity index (χ4v) is 5.13. The number of nitrogens with two attached hydrogens (primary N) is 1. The summed E-state index contributed by atoms with van der Waals surface area (Å²) in [7, 11) is 0. The van der Waals surface area contributed by atoms with E-state index in [9.17, 15) is 19.2 Å². The molecule has 0 aliphatic heterocycles. The maximum Gasteiger partial charge on any atom is 0.337 e. The molecule has 4 heterocycles. The lowest BCUT2D eigenvalue weighted by Crippen LogP contribution is -2.21. The first-order chi connectivity index (χ1) is 25.4. The molecule has 0 aliphatic carbocycles. The molecule has 1 amide bonds. The predicted molar refractivity (Wildman–Crippen MR) is 205 cm³/mol. The fraction of sp³-hybridized carbons (Fsp3) is 0.158. The maximum absolute atomic E-state index is 12.3. The van der Waals surface area contributed by atoms with E-state index in [0.717, 1.165) is 27.5 Å². The van der Waals surface area contributed by atoms with Gasteiger partial charge in [0.05, 0.1) is 22.5 Å². The fourth-order valence-electron chi connectivity index (χ4n) is 4.70. The largest absolute Gasteiger partial charge is 0.478 e. The monoisotopic (exact) mass is 754 g/mol. The van der Waals surface area contributed by atoms with Crippen LogP contribution in [0.5, 0.6) is 0 Å². The first-order valence-electron chi connectivity index (χ1n) is 16.3. The van der Waals surface area contributed by atoms with Crippen molar-refractivity contribution in [3.05, 3.63) is 174 Å². The highest BCUT2D eigenvalue weighted by molar-refractivity contribution is 6.30. The average molecular weight is 756 g/mol. The number of anilines is 2. The summed E-state index contributed by atoms with van der Waals surface area (Å²) in [5.41, 5.74) is 9.44. The Balaban J connectivity index is 0.000000196. The Morgan fingerprint density at radius 1 is 0.679 bits per heavy atom. The predicted octanol–water partition coefficient (Wildman–Crippen LogP) is 6.02. The SMILES string of the molecule is CCn1cc(C(=O)Nc2ccc(Cc3cccc(Cl)c3)nn2)ccc1=O.CCn1cc(C(=O)O)ccc1=O.Nc1ccc(Cc2cccc(Cl)c2)nn1. The van der Waals surface area contributed by atoms with Gasteiger partial charge in [-0.05, 0) is 85.6 Å². The number of carboxylic acid groups (broad SMARTS) is 1. The molecule has 0 spiro atoms. The molecule has 13 nitrogen and oxygen atoms in total. The lowest BCUT2D eigenvalue weighted by Gasteiger charge is -2.07. The molecule has 0 bridgehead atoms. The van der Waals surface area contributed by atoms with Crippen molar-refractivity contribution in [1.82, 2.24) is 29.5 Å². The number of pyridine rings is 2. The summed E-state index contributed by atoms with van der Waals surface area (Å²) in [5, 5.41) is 28.6. The number of aryl methyl sites for hydroxylation is 2. The number of rotatable bonds is 9. The van der Waals surface area contributed by atoms with Crippen molar-refractivity contribution in [3.63, 3.8) is 0 Å². The highest BCUT2D eigenvalue weighted by Gasteiger charge is 2.10. The summed E-state index contributed by atoms with van der Waals surface area (Å²) in [6.07, 6.45) is 4.18. The van der Waals surface area contributed by atoms with Gasteiger partial charge in [-0.3, -0.25) is 14.4 Å². The highest BCUT2D eigenvalue weighted by Crippen LogP contribution is 2.15. The number of aromatic nitrogens is 6. The summed E-state index contributed by atoms with van der Waals surface area (Å²) in [5.74, 6) is -0.578. The zero-order chi connectivity index (χ0) is 38.3. The molecule has 6 aromatic rings. The van der Waals surface area contributed by atoms with Gasteiger partial charge in [0.2, 0.25) is 0 Å². The Labute approximate surface area is 314 Å². The van der Waals surface area contributed by atoms with Gasteiger partial charge >= 0.3 is 5.97 Å². The van der Waals surface area contributed by atoms with Crippen LogP contribution in [0.4, 0.5) is 11.6 Å². The van der Waals surface area contributed by atoms with Crippen LogP contribution in [0.25, 0.3) is 0 Å². The minimum absolute atomic E-state index is 0.136. The molecule has 4 aromatic heterocycles. The van der Waals surface area contributed by atoms with E-state index < -0.39 is 5.97 Å². The molecule has 15 heteroatoms. The van der Waals surface area contributed by atoms with Gasteiger partial charge in [-0.2, -0.15) is 10.2 Å². The van der Waals surface area contributed by atoms with Gasteiger partial charge in [0, 0.05) is 60.5 Å². The molecular weight excluding hydrogens is 719 g/mol. The van der Waals surface area contributed by atoms with Crippen molar-refractivity contribution in [1.29, 1.82) is 0 Å². The van der Waals surface area contributed by atoms with E-state index in [1.165, 1.54) is 45.8 Å². The van der Waals surface area contributed by atoms with Crippen molar-refractivity contribution in [2.24, 2.45) is 0 Å². The zero-order valence-electron chi connectivity index (χ0n) is 28.8. The molecule has 4 N–H and O–H groups in total. The van der Waals surface area contributed by atoms with Crippen molar-refractivity contribution in [2.75, 3.05) is 11.1 Å². The van der Waals surface area contributed by atoms with Gasteiger partial charge in [0.25, 0.3) is 17.0 Å². The molecule has 0 fully saturated rings. The third-order valence-corrected chi connectivity index (χ3v) is 7.88. The van der Waals surface area contributed by atoms with E-state index in [1.807, 2.05) is 61.5 Å². The average Bonchev–Trinajstić information content (AvgIpc) is 3.14. The molecule has 6 rings (SSSR count). The van der Waals surface area contributed by atoms with Gasteiger partial charge in [-0.1, -0.05) is 47.5 Å². The number of benzene rings is 2. The van der Waals surface area contributed by atoms with Gasteiger partial charge in [0.15, 0.2) is 5.82 Å². The van der Waals surface area contributed by atoms with E-state index in [1.54, 1.807) is 25.1 Å². The first kappa shape index (κ1) is 39.6. The molecule has 0 saturated carbocycles. The summed E-state index contributed by atoms with van der Waals surface area (Å²) < 4.78 is 2.82. The highest BCUT2D eigenvalue weighted by atomic mass is 35.5. The van der Waals surface area contributed by atoms with Crippen LogP contribution < -0.4 is 22.2 Å².